The zero-order valence-electron chi connectivity index (χ0n) is 39.6. The van der Waals surface area contributed by atoms with Gasteiger partial charge in [-0.1, -0.05) is 30.7 Å². The van der Waals surface area contributed by atoms with Gasteiger partial charge in [-0.25, -0.2) is 21.2 Å². The van der Waals surface area contributed by atoms with E-state index in [0.29, 0.717) is 53.5 Å². The number of rotatable bonds is 16. The molecule has 0 heterocycles. The van der Waals surface area contributed by atoms with Crippen molar-refractivity contribution >= 4 is 55.0 Å². The number of hydrogen-bond donors (Lipinski definition) is 2. The van der Waals surface area contributed by atoms with Crippen molar-refractivity contribution in [2.24, 2.45) is 69.6 Å². The van der Waals surface area contributed by atoms with Crippen LogP contribution in [-0.2, 0) is 39.2 Å². The predicted molar refractivity (Wildman–Crippen MR) is 248 cm³/mol. The highest BCUT2D eigenvalue weighted by molar-refractivity contribution is 7.89. The van der Waals surface area contributed by atoms with E-state index in [1.54, 1.807) is 59.7 Å². The van der Waals surface area contributed by atoms with Crippen molar-refractivity contribution in [1.82, 2.24) is 8.61 Å². The van der Waals surface area contributed by atoms with Gasteiger partial charge in [0, 0.05) is 42.3 Å². The Balaban J connectivity index is 0.000000196. The highest BCUT2D eigenvalue weighted by Crippen LogP contribution is 2.64. The maximum absolute atomic E-state index is 14.5. The van der Waals surface area contributed by atoms with E-state index in [9.17, 15) is 40.4 Å². The Morgan fingerprint density at radius 2 is 1.18 bits per heavy atom. The van der Waals surface area contributed by atoms with Crippen LogP contribution in [0.4, 0.5) is 4.39 Å². The number of amides is 2. The molecule has 4 N–H and O–H groups in total. The monoisotopic (exact) mass is 974 g/mol. The number of likely N-dealkylation sites (N-methyl/N-ethyl adjacent to an activating group) is 2. The fourth-order valence-corrected chi connectivity index (χ4v) is 17.9. The molecule has 66 heavy (non-hydrogen) atoms. The molecule has 0 radical (unpaired) electrons. The highest BCUT2D eigenvalue weighted by atomic mass is 35.5. The van der Waals surface area contributed by atoms with Gasteiger partial charge in [-0.15, -0.1) is 0 Å². The molecule has 8 aliphatic rings. The molecular formula is C49H68ClFN4O9S2. The van der Waals surface area contributed by atoms with E-state index < -0.39 is 52.7 Å². The first-order chi connectivity index (χ1) is 30.7. The van der Waals surface area contributed by atoms with Crippen molar-refractivity contribution in [2.75, 3.05) is 20.7 Å². The van der Waals surface area contributed by atoms with Gasteiger partial charge in [-0.2, -0.15) is 8.61 Å². The van der Waals surface area contributed by atoms with Gasteiger partial charge < -0.3 is 16.2 Å². The summed E-state index contributed by atoms with van der Waals surface area (Å²) in [5, 5.41) is 0.383. The average molecular weight is 976 g/mol. The summed E-state index contributed by atoms with van der Waals surface area (Å²) in [7, 11) is -5.69. The van der Waals surface area contributed by atoms with Crippen LogP contribution in [0.5, 0.6) is 5.75 Å². The van der Waals surface area contributed by atoms with Crippen LogP contribution in [0.2, 0.25) is 5.02 Å². The number of carbonyl (C=O) groups is 4. The number of primary amides is 2. The van der Waals surface area contributed by atoms with Gasteiger partial charge in [0.25, 0.3) is 0 Å². The molecule has 4 unspecified atom stereocenters. The Morgan fingerprint density at radius 3 is 1.61 bits per heavy atom. The number of sulfonamides is 2. The first-order valence-corrected chi connectivity index (χ1v) is 26.7. The summed E-state index contributed by atoms with van der Waals surface area (Å²) in [6.07, 6.45) is 9.36. The van der Waals surface area contributed by atoms with Crippen molar-refractivity contribution in [1.29, 1.82) is 0 Å². The molecule has 8 fully saturated rings. The maximum atomic E-state index is 14.5. The number of hydrogen-bond acceptors (Lipinski definition) is 9. The molecule has 2 amide bonds. The summed E-state index contributed by atoms with van der Waals surface area (Å²) in [5.41, 5.74) is 8.64. The molecule has 17 heteroatoms. The fraction of sp³-hybridized carbons (Fsp3) is 0.673. The molecule has 4 atom stereocenters. The SMILES string of the molecule is CCN(C(C)(C)C(=O)CC1C2CC3CC1CC(C(N)=O)(C3)C2)S(=O)(=O)c1cccc(Cl)c1C.COc1cccc(F)c1S(=O)(=O)N(C)C(C)(C)C(=O)CC1C2CC3CC1CC(C(N)=O)(C3)C2. The summed E-state index contributed by atoms with van der Waals surface area (Å²) < 4.78 is 75.8. The zero-order valence-corrected chi connectivity index (χ0v) is 42.0. The van der Waals surface area contributed by atoms with Crippen molar-refractivity contribution in [3.8, 4) is 5.75 Å². The number of Topliss-reactive ketones (excluding diaryl/α,β-unsaturated/α-hetero) is 2. The van der Waals surface area contributed by atoms with Gasteiger partial charge >= 0.3 is 0 Å². The highest BCUT2D eigenvalue weighted by Gasteiger charge is 2.60. The van der Waals surface area contributed by atoms with Crippen LogP contribution in [0.15, 0.2) is 46.2 Å². The number of methoxy groups -OCH3 is 1. The van der Waals surface area contributed by atoms with Crippen molar-refractivity contribution in [3.05, 3.63) is 52.8 Å². The number of nitrogens with zero attached hydrogens (tertiary/aromatic N) is 2. The number of nitrogens with two attached hydrogens (primary N) is 2. The minimum atomic E-state index is -4.35. The summed E-state index contributed by atoms with van der Waals surface area (Å²) in [5.74, 6) is 0.681. The van der Waals surface area contributed by atoms with E-state index >= 15 is 0 Å². The second-order valence-corrected chi connectivity index (χ2v) is 25.8. The summed E-state index contributed by atoms with van der Waals surface area (Å²) >= 11 is 6.19. The largest absolute Gasteiger partial charge is 0.495 e. The summed E-state index contributed by atoms with van der Waals surface area (Å²) in [4.78, 5) is 51.2. The van der Waals surface area contributed by atoms with Crippen LogP contribution in [0.25, 0.3) is 0 Å². The Labute approximate surface area is 395 Å². The number of ketones is 2. The van der Waals surface area contributed by atoms with Crippen LogP contribution in [0.1, 0.15) is 117 Å². The summed E-state index contributed by atoms with van der Waals surface area (Å²) in [6, 6.07) is 8.63. The predicted octanol–water partition coefficient (Wildman–Crippen LogP) is 7.45. The first-order valence-electron chi connectivity index (χ1n) is 23.4. The third-order valence-corrected chi connectivity index (χ3v) is 22.2. The average Bonchev–Trinajstić information content (AvgIpc) is 3.23. The van der Waals surface area contributed by atoms with Crippen molar-refractivity contribution < 1.29 is 45.1 Å². The second-order valence-electron chi connectivity index (χ2n) is 21.7. The molecule has 0 spiro atoms. The minimum absolute atomic E-state index is 0.0711. The van der Waals surface area contributed by atoms with E-state index in [1.807, 2.05) is 0 Å². The van der Waals surface area contributed by atoms with Gasteiger partial charge in [-0.05, 0) is 176 Å². The molecule has 2 aromatic carbocycles. The van der Waals surface area contributed by atoms with Crippen LogP contribution in [0.3, 0.4) is 0 Å². The number of carbonyl (C=O) groups excluding carboxylic acids is 4. The van der Waals surface area contributed by atoms with Crippen molar-refractivity contribution in [2.45, 2.75) is 139 Å². The molecule has 0 aliphatic heterocycles. The van der Waals surface area contributed by atoms with E-state index in [1.165, 1.54) is 30.6 Å². The molecule has 8 saturated carbocycles. The molecule has 8 bridgehead atoms. The van der Waals surface area contributed by atoms with Gasteiger partial charge in [-0.3, -0.25) is 19.2 Å². The molecule has 0 saturated heterocycles. The lowest BCUT2D eigenvalue weighted by molar-refractivity contribution is -0.153. The third-order valence-electron chi connectivity index (χ3n) is 17.4. The third kappa shape index (κ3) is 8.54. The lowest BCUT2D eigenvalue weighted by Gasteiger charge is -2.59. The van der Waals surface area contributed by atoms with Gasteiger partial charge in [0.05, 0.1) is 23.1 Å². The normalized spacial score (nSPS) is 31.2. The van der Waals surface area contributed by atoms with Gasteiger partial charge in [0.2, 0.25) is 31.9 Å². The smallest absolute Gasteiger partial charge is 0.250 e. The first kappa shape index (κ1) is 50.4. The Kier molecular flexibility index (Phi) is 13.6. The van der Waals surface area contributed by atoms with Crippen LogP contribution < -0.4 is 16.2 Å². The van der Waals surface area contributed by atoms with E-state index in [2.05, 4.69) is 0 Å². The molecule has 13 nitrogen and oxygen atoms in total. The van der Waals surface area contributed by atoms with Crippen molar-refractivity contribution in [3.63, 3.8) is 0 Å². The molecule has 364 valence electrons. The summed E-state index contributed by atoms with van der Waals surface area (Å²) in [6.45, 7) is 10.1. The maximum Gasteiger partial charge on any atom is 0.250 e. The van der Waals surface area contributed by atoms with Crippen LogP contribution in [-0.4, -0.2) is 80.6 Å². The standard InChI is InChI=1S/C25H35ClN2O4S.C24H33FN2O5S/c1-5-28(33(31,32)21-8-6-7-20(26)15(21)2)24(3,4)22(29)11-19-17-9-16-10-18(19)14-25(12-16,13-17)23(27)30;1-23(2,27(3)33(30,31)21-18(25)6-5-7-19(21)32-4)20(28)10-17-15-8-14-9-16(17)13-24(11-14,12-15)22(26)29/h6-8,16-19H,5,9-14H2,1-4H3,(H2,27,30);5-7,14-17H,8-13H2,1-4H3,(H2,26,29). The number of benzene rings is 2. The van der Waals surface area contributed by atoms with E-state index in [4.69, 9.17) is 27.8 Å². The Hall–Kier alpha value is -3.44. The fourth-order valence-electron chi connectivity index (χ4n) is 14.0. The second kappa shape index (κ2) is 17.8. The molecule has 8 aliphatic carbocycles. The minimum Gasteiger partial charge on any atom is -0.495 e. The van der Waals surface area contributed by atoms with E-state index in [-0.39, 0.29) is 70.7 Å². The number of ether oxygens (including phenoxy) is 1. The zero-order chi connectivity index (χ0) is 48.7. The van der Waals surface area contributed by atoms with E-state index in [0.717, 1.165) is 61.7 Å². The molecule has 10 rings (SSSR count). The molecule has 2 aromatic rings. The quantitative estimate of drug-likeness (QED) is 0.171. The Morgan fingerprint density at radius 1 is 0.742 bits per heavy atom. The topological polar surface area (TPSA) is 204 Å². The van der Waals surface area contributed by atoms with Gasteiger partial charge in [0.15, 0.2) is 16.5 Å². The van der Waals surface area contributed by atoms with Crippen LogP contribution >= 0.6 is 11.6 Å². The molecule has 0 aromatic heterocycles. The molecular weight excluding hydrogens is 907 g/mol. The van der Waals surface area contributed by atoms with Crippen LogP contribution in [0, 0.1) is 70.9 Å². The van der Waals surface area contributed by atoms with Gasteiger partial charge in [0.1, 0.15) is 11.6 Å². The lowest BCUT2D eigenvalue weighted by Crippen LogP contribution is -2.58. The lowest BCUT2D eigenvalue weighted by atomic mass is 9.45. The Bertz CT molecular complexity index is 2480. The number of halogens is 2.